The van der Waals surface area contributed by atoms with E-state index in [1.54, 1.807) is 39.2 Å². The molecule has 1 N–H and O–H groups in total. The second-order valence-corrected chi connectivity index (χ2v) is 8.37. The van der Waals surface area contributed by atoms with E-state index in [0.29, 0.717) is 30.0 Å². The summed E-state index contributed by atoms with van der Waals surface area (Å²) in [5.41, 5.74) is 3.91. The summed E-state index contributed by atoms with van der Waals surface area (Å²) in [4.78, 5) is 13.9. The number of hydrogen-bond acceptors (Lipinski definition) is 5. The first kappa shape index (κ1) is 23.5. The SMILES string of the molecule is COc1ccc(C(=O)NCCc2ccc(OC)c(OC)c2)cc1CSc1ccc(C)cc1. The van der Waals surface area contributed by atoms with Gasteiger partial charge in [0.25, 0.3) is 5.91 Å². The summed E-state index contributed by atoms with van der Waals surface area (Å²) in [7, 11) is 4.88. The predicted octanol–water partition coefficient (Wildman–Crippen LogP) is 5.29. The number of aryl methyl sites for hydroxylation is 1. The highest BCUT2D eigenvalue weighted by molar-refractivity contribution is 7.98. The molecular formula is C26H29NO4S. The highest BCUT2D eigenvalue weighted by Crippen LogP contribution is 2.29. The van der Waals surface area contributed by atoms with Crippen molar-refractivity contribution >= 4 is 17.7 Å². The molecule has 0 spiro atoms. The topological polar surface area (TPSA) is 56.8 Å². The molecule has 0 fully saturated rings. The summed E-state index contributed by atoms with van der Waals surface area (Å²) in [5, 5.41) is 3.00. The molecule has 3 aromatic rings. The average Bonchev–Trinajstić information content (AvgIpc) is 2.83. The molecule has 0 aliphatic rings. The van der Waals surface area contributed by atoms with Crippen LogP contribution in [0.25, 0.3) is 0 Å². The van der Waals surface area contributed by atoms with E-state index >= 15 is 0 Å². The second kappa shape index (κ2) is 11.5. The van der Waals surface area contributed by atoms with Crippen LogP contribution < -0.4 is 19.5 Å². The maximum atomic E-state index is 12.7. The Bertz CT molecular complexity index is 1050. The van der Waals surface area contributed by atoms with Crippen LogP contribution in [-0.2, 0) is 12.2 Å². The number of benzene rings is 3. The molecule has 0 heterocycles. The molecule has 0 aromatic heterocycles. The zero-order chi connectivity index (χ0) is 22.9. The smallest absolute Gasteiger partial charge is 0.251 e. The van der Waals surface area contributed by atoms with Gasteiger partial charge in [-0.1, -0.05) is 23.8 Å². The standard InChI is InChI=1S/C26H29NO4S/c1-18-5-9-22(10-6-18)32-17-21-16-20(8-12-23(21)29-2)26(28)27-14-13-19-7-11-24(30-3)25(15-19)31-4/h5-12,15-16H,13-14,17H2,1-4H3,(H,27,28). The van der Waals surface area contributed by atoms with Gasteiger partial charge in [-0.3, -0.25) is 4.79 Å². The third kappa shape index (κ3) is 6.20. The summed E-state index contributed by atoms with van der Waals surface area (Å²) in [6, 6.07) is 19.8. The largest absolute Gasteiger partial charge is 0.496 e. The molecule has 0 saturated heterocycles. The Morgan fingerprint density at radius 3 is 2.22 bits per heavy atom. The van der Waals surface area contributed by atoms with Crippen molar-refractivity contribution in [2.75, 3.05) is 27.9 Å². The fraction of sp³-hybridized carbons (Fsp3) is 0.269. The van der Waals surface area contributed by atoms with E-state index in [2.05, 4.69) is 36.5 Å². The van der Waals surface area contributed by atoms with Gasteiger partial charge in [-0.25, -0.2) is 0 Å². The Labute approximate surface area is 194 Å². The minimum atomic E-state index is -0.102. The van der Waals surface area contributed by atoms with E-state index in [0.717, 1.165) is 22.6 Å². The van der Waals surface area contributed by atoms with Gasteiger partial charge in [0.2, 0.25) is 0 Å². The Kier molecular flexibility index (Phi) is 8.45. The molecule has 0 aliphatic heterocycles. The molecule has 0 bridgehead atoms. The third-order valence-corrected chi connectivity index (χ3v) is 6.17. The molecule has 1 amide bonds. The molecule has 32 heavy (non-hydrogen) atoms. The van der Waals surface area contributed by atoms with Gasteiger partial charge in [0.05, 0.1) is 21.3 Å². The van der Waals surface area contributed by atoms with Gasteiger partial charge in [-0.05, 0) is 61.4 Å². The number of methoxy groups -OCH3 is 3. The summed E-state index contributed by atoms with van der Waals surface area (Å²) in [6.45, 7) is 2.60. The van der Waals surface area contributed by atoms with Crippen molar-refractivity contribution in [2.45, 2.75) is 24.0 Å². The van der Waals surface area contributed by atoms with Gasteiger partial charge in [0, 0.05) is 28.3 Å². The van der Waals surface area contributed by atoms with Crippen molar-refractivity contribution in [3.05, 3.63) is 82.9 Å². The first-order valence-electron chi connectivity index (χ1n) is 10.4. The van der Waals surface area contributed by atoms with Crippen LogP contribution in [0, 0.1) is 6.92 Å². The lowest BCUT2D eigenvalue weighted by atomic mass is 10.1. The van der Waals surface area contributed by atoms with E-state index in [1.807, 2.05) is 30.3 Å². The number of nitrogens with one attached hydrogen (secondary N) is 1. The van der Waals surface area contributed by atoms with Crippen molar-refractivity contribution in [2.24, 2.45) is 0 Å². The molecule has 168 valence electrons. The fourth-order valence-corrected chi connectivity index (χ4v) is 4.16. The summed E-state index contributed by atoms with van der Waals surface area (Å²) >= 11 is 1.72. The van der Waals surface area contributed by atoms with Gasteiger partial charge in [0.1, 0.15) is 5.75 Å². The zero-order valence-corrected chi connectivity index (χ0v) is 19.8. The number of ether oxygens (including phenoxy) is 3. The van der Waals surface area contributed by atoms with Crippen LogP contribution in [0.4, 0.5) is 0 Å². The highest BCUT2D eigenvalue weighted by Gasteiger charge is 2.11. The molecule has 5 nitrogen and oxygen atoms in total. The zero-order valence-electron chi connectivity index (χ0n) is 18.9. The van der Waals surface area contributed by atoms with Crippen LogP contribution in [0.1, 0.15) is 27.0 Å². The minimum Gasteiger partial charge on any atom is -0.496 e. The molecule has 0 radical (unpaired) electrons. The van der Waals surface area contributed by atoms with Gasteiger partial charge in [0.15, 0.2) is 11.5 Å². The Morgan fingerprint density at radius 2 is 1.53 bits per heavy atom. The van der Waals surface area contributed by atoms with Gasteiger partial charge < -0.3 is 19.5 Å². The lowest BCUT2D eigenvalue weighted by molar-refractivity contribution is 0.0954. The predicted molar refractivity (Wildman–Crippen MR) is 129 cm³/mol. The fourth-order valence-electron chi connectivity index (χ4n) is 3.29. The Morgan fingerprint density at radius 1 is 0.844 bits per heavy atom. The van der Waals surface area contributed by atoms with Gasteiger partial charge in [-0.15, -0.1) is 11.8 Å². The molecule has 0 aliphatic carbocycles. The van der Waals surface area contributed by atoms with Crippen molar-refractivity contribution in [1.82, 2.24) is 5.32 Å². The second-order valence-electron chi connectivity index (χ2n) is 7.32. The number of rotatable bonds is 10. The van der Waals surface area contributed by atoms with Crippen molar-refractivity contribution in [3.8, 4) is 17.2 Å². The van der Waals surface area contributed by atoms with Crippen molar-refractivity contribution < 1.29 is 19.0 Å². The number of carbonyl (C=O) groups is 1. The summed E-state index contributed by atoms with van der Waals surface area (Å²) in [6.07, 6.45) is 0.693. The monoisotopic (exact) mass is 451 g/mol. The van der Waals surface area contributed by atoms with Crippen LogP contribution >= 0.6 is 11.8 Å². The molecule has 0 unspecified atom stereocenters. The van der Waals surface area contributed by atoms with Crippen LogP contribution in [-0.4, -0.2) is 33.8 Å². The highest BCUT2D eigenvalue weighted by atomic mass is 32.2. The molecule has 0 saturated carbocycles. The summed E-state index contributed by atoms with van der Waals surface area (Å²) < 4.78 is 16.1. The Hall–Kier alpha value is -3.12. The number of amides is 1. The lowest BCUT2D eigenvalue weighted by Crippen LogP contribution is -2.25. The molecule has 0 atom stereocenters. The number of carbonyl (C=O) groups excluding carboxylic acids is 1. The molecule has 3 aromatic carbocycles. The lowest BCUT2D eigenvalue weighted by Gasteiger charge is -2.12. The van der Waals surface area contributed by atoms with Crippen LogP contribution in [0.15, 0.2) is 65.6 Å². The molecular weight excluding hydrogens is 422 g/mol. The number of hydrogen-bond donors (Lipinski definition) is 1. The van der Waals surface area contributed by atoms with E-state index in [4.69, 9.17) is 14.2 Å². The van der Waals surface area contributed by atoms with Crippen LogP contribution in [0.2, 0.25) is 0 Å². The van der Waals surface area contributed by atoms with Crippen LogP contribution in [0.5, 0.6) is 17.2 Å². The van der Waals surface area contributed by atoms with Crippen LogP contribution in [0.3, 0.4) is 0 Å². The van der Waals surface area contributed by atoms with E-state index in [-0.39, 0.29) is 5.91 Å². The number of thioether (sulfide) groups is 1. The van der Waals surface area contributed by atoms with E-state index in [9.17, 15) is 4.79 Å². The molecule has 3 rings (SSSR count). The quantitative estimate of drug-likeness (QED) is 0.425. The van der Waals surface area contributed by atoms with Gasteiger partial charge in [-0.2, -0.15) is 0 Å². The first-order valence-corrected chi connectivity index (χ1v) is 11.4. The Balaban J connectivity index is 1.61. The first-order chi connectivity index (χ1) is 15.5. The average molecular weight is 452 g/mol. The van der Waals surface area contributed by atoms with Crippen molar-refractivity contribution in [1.29, 1.82) is 0 Å². The summed E-state index contributed by atoms with van der Waals surface area (Å²) in [5.74, 6) is 2.77. The maximum Gasteiger partial charge on any atom is 0.251 e. The van der Waals surface area contributed by atoms with E-state index < -0.39 is 0 Å². The van der Waals surface area contributed by atoms with Gasteiger partial charge >= 0.3 is 0 Å². The maximum absolute atomic E-state index is 12.7. The third-order valence-electron chi connectivity index (χ3n) is 5.11. The normalized spacial score (nSPS) is 10.5. The van der Waals surface area contributed by atoms with E-state index in [1.165, 1.54) is 10.5 Å². The minimum absolute atomic E-state index is 0.102. The molecule has 6 heteroatoms. The van der Waals surface area contributed by atoms with Crippen molar-refractivity contribution in [3.63, 3.8) is 0 Å².